The van der Waals surface area contributed by atoms with E-state index in [0.717, 1.165) is 6.07 Å². The van der Waals surface area contributed by atoms with Gasteiger partial charge in [0.2, 0.25) is 5.95 Å². The highest BCUT2D eigenvalue weighted by atomic mass is 127. The zero-order chi connectivity index (χ0) is 10.0. The largest absolute Gasteiger partial charge is 0.268 e. The number of nitriles is 1. The average molecular weight is 298 g/mol. The van der Waals surface area contributed by atoms with Gasteiger partial charge in [0, 0.05) is 0 Å². The van der Waals surface area contributed by atoms with Crippen molar-refractivity contribution in [3.63, 3.8) is 0 Å². The predicted molar refractivity (Wildman–Crippen MR) is 46.6 cm³/mol. The molecule has 0 aliphatic carbocycles. The Balaban J connectivity index is 3.33. The molecule has 1 aromatic heterocycles. The molecule has 13 heavy (non-hydrogen) atoms. The molecule has 0 saturated carbocycles. The first-order valence-corrected chi connectivity index (χ1v) is 4.18. The molecule has 0 aliphatic heterocycles. The highest BCUT2D eigenvalue weighted by molar-refractivity contribution is 14.1. The highest BCUT2D eigenvalue weighted by Crippen LogP contribution is 2.23. The van der Waals surface area contributed by atoms with E-state index in [9.17, 15) is 13.2 Å². The van der Waals surface area contributed by atoms with Crippen LogP contribution in [0.2, 0.25) is 0 Å². The average Bonchev–Trinajstić information content (AvgIpc) is 2.03. The Bertz CT molecular complexity index is 373. The van der Waals surface area contributed by atoms with Crippen molar-refractivity contribution in [3.8, 4) is 6.07 Å². The molecule has 1 aromatic rings. The van der Waals surface area contributed by atoms with Crippen molar-refractivity contribution in [2.24, 2.45) is 0 Å². The molecular weight excluding hydrogens is 296 g/mol. The standard InChI is InChI=1S/C7H2F3IN2/c8-5(9)4-1-3(2-12)7(11)13-6(4)10/h1,5H. The van der Waals surface area contributed by atoms with Crippen LogP contribution in [0.15, 0.2) is 6.07 Å². The van der Waals surface area contributed by atoms with Gasteiger partial charge >= 0.3 is 0 Å². The smallest absolute Gasteiger partial charge is 0.212 e. The Labute approximate surface area is 85.5 Å². The van der Waals surface area contributed by atoms with Crippen LogP contribution in [0.4, 0.5) is 13.2 Å². The molecule has 0 aromatic carbocycles. The molecule has 0 unspecified atom stereocenters. The molecule has 0 fully saturated rings. The zero-order valence-electron chi connectivity index (χ0n) is 6.06. The molecule has 0 bridgehead atoms. The maximum absolute atomic E-state index is 12.7. The second-order valence-electron chi connectivity index (χ2n) is 2.12. The van der Waals surface area contributed by atoms with Gasteiger partial charge in [0.1, 0.15) is 9.77 Å². The molecule has 0 amide bonds. The van der Waals surface area contributed by atoms with Crippen LogP contribution in [-0.2, 0) is 0 Å². The first-order chi connectivity index (χ1) is 6.06. The molecule has 1 rings (SSSR count). The van der Waals surface area contributed by atoms with Gasteiger partial charge in [-0.1, -0.05) is 0 Å². The lowest BCUT2D eigenvalue weighted by Gasteiger charge is -2.02. The number of pyridine rings is 1. The molecule has 68 valence electrons. The van der Waals surface area contributed by atoms with E-state index in [2.05, 4.69) is 4.98 Å². The van der Waals surface area contributed by atoms with Crippen molar-refractivity contribution in [1.82, 2.24) is 4.98 Å². The van der Waals surface area contributed by atoms with Crippen LogP contribution in [0.3, 0.4) is 0 Å². The van der Waals surface area contributed by atoms with Gasteiger partial charge in [-0.3, -0.25) is 0 Å². The van der Waals surface area contributed by atoms with E-state index in [1.54, 1.807) is 28.7 Å². The monoisotopic (exact) mass is 298 g/mol. The van der Waals surface area contributed by atoms with Gasteiger partial charge in [0.05, 0.1) is 11.1 Å². The van der Waals surface area contributed by atoms with E-state index in [0.29, 0.717) is 0 Å². The van der Waals surface area contributed by atoms with Crippen molar-refractivity contribution < 1.29 is 13.2 Å². The predicted octanol–water partition coefficient (Wildman–Crippen LogP) is 2.63. The van der Waals surface area contributed by atoms with Crippen molar-refractivity contribution in [2.75, 3.05) is 0 Å². The Hall–Kier alpha value is -0.840. The first-order valence-electron chi connectivity index (χ1n) is 3.10. The number of rotatable bonds is 1. The van der Waals surface area contributed by atoms with E-state index < -0.39 is 17.9 Å². The molecule has 0 spiro atoms. The van der Waals surface area contributed by atoms with Gasteiger partial charge in [-0.15, -0.1) is 0 Å². The van der Waals surface area contributed by atoms with Crippen LogP contribution in [0.5, 0.6) is 0 Å². The van der Waals surface area contributed by atoms with Crippen LogP contribution in [0, 0.1) is 21.0 Å². The molecule has 6 heteroatoms. The number of nitrogens with zero attached hydrogens (tertiary/aromatic N) is 2. The van der Waals surface area contributed by atoms with E-state index in [1.807, 2.05) is 0 Å². The molecule has 0 aliphatic rings. The SMILES string of the molecule is N#Cc1cc(C(F)F)c(F)nc1I. The number of hydrogen-bond acceptors (Lipinski definition) is 2. The minimum absolute atomic E-state index is 0.0442. The van der Waals surface area contributed by atoms with Crippen molar-refractivity contribution in [3.05, 3.63) is 26.8 Å². The second-order valence-corrected chi connectivity index (χ2v) is 3.14. The lowest BCUT2D eigenvalue weighted by atomic mass is 10.2. The fourth-order valence-corrected chi connectivity index (χ4v) is 1.21. The van der Waals surface area contributed by atoms with E-state index in [-0.39, 0.29) is 9.26 Å². The summed E-state index contributed by atoms with van der Waals surface area (Å²) >= 11 is 1.61. The van der Waals surface area contributed by atoms with Gasteiger partial charge in [0.15, 0.2) is 0 Å². The molecule has 1 heterocycles. The number of aromatic nitrogens is 1. The first kappa shape index (κ1) is 10.2. The summed E-state index contributed by atoms with van der Waals surface area (Å²) in [6, 6.07) is 2.46. The Morgan fingerprint density at radius 2 is 2.15 bits per heavy atom. The molecular formula is C7H2F3IN2. The van der Waals surface area contributed by atoms with Crippen LogP contribution in [0.1, 0.15) is 17.6 Å². The quantitative estimate of drug-likeness (QED) is 0.590. The summed E-state index contributed by atoms with van der Waals surface area (Å²) in [6.07, 6.45) is -2.95. The Kier molecular flexibility index (Phi) is 3.08. The van der Waals surface area contributed by atoms with E-state index >= 15 is 0 Å². The van der Waals surface area contributed by atoms with Crippen LogP contribution in [0.25, 0.3) is 0 Å². The summed E-state index contributed by atoms with van der Waals surface area (Å²) < 4.78 is 37.0. The minimum Gasteiger partial charge on any atom is -0.212 e. The van der Waals surface area contributed by atoms with Gasteiger partial charge in [-0.25, -0.2) is 13.8 Å². The van der Waals surface area contributed by atoms with Gasteiger partial charge < -0.3 is 0 Å². The van der Waals surface area contributed by atoms with Crippen molar-refractivity contribution >= 4 is 22.6 Å². The minimum atomic E-state index is -2.95. The summed E-state index contributed by atoms with van der Waals surface area (Å²) in [7, 11) is 0. The zero-order valence-corrected chi connectivity index (χ0v) is 8.22. The maximum atomic E-state index is 12.7. The second kappa shape index (κ2) is 3.91. The summed E-state index contributed by atoms with van der Waals surface area (Å²) in [5.74, 6) is -1.22. The Morgan fingerprint density at radius 3 is 2.62 bits per heavy atom. The normalized spacial score (nSPS) is 10.2. The molecule has 2 nitrogen and oxygen atoms in total. The highest BCUT2D eigenvalue weighted by Gasteiger charge is 2.17. The Morgan fingerprint density at radius 1 is 1.54 bits per heavy atom. The molecule has 0 atom stereocenters. The van der Waals surface area contributed by atoms with Crippen LogP contribution in [-0.4, -0.2) is 4.98 Å². The molecule has 0 saturated heterocycles. The van der Waals surface area contributed by atoms with E-state index in [1.165, 1.54) is 0 Å². The van der Waals surface area contributed by atoms with Crippen LogP contribution < -0.4 is 0 Å². The summed E-state index contributed by atoms with van der Waals surface area (Å²) in [5.41, 5.74) is -0.880. The fraction of sp³-hybridized carbons (Fsp3) is 0.143. The lowest BCUT2D eigenvalue weighted by molar-refractivity contribution is 0.145. The third-order valence-electron chi connectivity index (χ3n) is 1.31. The van der Waals surface area contributed by atoms with Gasteiger partial charge in [0.25, 0.3) is 6.43 Å². The van der Waals surface area contributed by atoms with E-state index in [4.69, 9.17) is 5.26 Å². The lowest BCUT2D eigenvalue weighted by Crippen LogP contribution is -1.99. The van der Waals surface area contributed by atoms with Crippen molar-refractivity contribution in [2.45, 2.75) is 6.43 Å². The number of hydrogen-bond donors (Lipinski definition) is 0. The fourth-order valence-electron chi connectivity index (χ4n) is 0.717. The summed E-state index contributed by atoms with van der Waals surface area (Å²) in [6.45, 7) is 0. The number of alkyl halides is 2. The topological polar surface area (TPSA) is 36.7 Å². The number of halogens is 4. The van der Waals surface area contributed by atoms with Gasteiger partial charge in [-0.2, -0.15) is 9.65 Å². The molecule has 0 N–H and O–H groups in total. The third kappa shape index (κ3) is 2.09. The summed E-state index contributed by atoms with van der Waals surface area (Å²) in [5, 5.41) is 8.45. The molecule has 0 radical (unpaired) electrons. The van der Waals surface area contributed by atoms with Gasteiger partial charge in [-0.05, 0) is 28.7 Å². The third-order valence-corrected chi connectivity index (χ3v) is 2.13. The van der Waals surface area contributed by atoms with Crippen molar-refractivity contribution in [1.29, 1.82) is 5.26 Å². The summed E-state index contributed by atoms with van der Waals surface area (Å²) in [4.78, 5) is 3.18. The van der Waals surface area contributed by atoms with Crippen LogP contribution >= 0.6 is 22.6 Å². The maximum Gasteiger partial charge on any atom is 0.268 e.